The fourth-order valence-electron chi connectivity index (χ4n) is 2.64. The van der Waals surface area contributed by atoms with Crippen LogP contribution in [-0.4, -0.2) is 56.1 Å². The van der Waals surface area contributed by atoms with E-state index in [2.05, 4.69) is 15.6 Å². The normalized spacial score (nSPS) is 14.7. The highest BCUT2D eigenvalue weighted by atomic mass is 19.2. The van der Waals surface area contributed by atoms with Crippen LogP contribution in [0.5, 0.6) is 5.75 Å². The molecule has 2 N–H and O–H groups in total. The van der Waals surface area contributed by atoms with Gasteiger partial charge in [-0.1, -0.05) is 0 Å². The van der Waals surface area contributed by atoms with Gasteiger partial charge in [0, 0.05) is 38.7 Å². The summed E-state index contributed by atoms with van der Waals surface area (Å²) in [6, 6.07) is 3.44. The van der Waals surface area contributed by atoms with Crippen molar-refractivity contribution in [2.45, 2.75) is 26.2 Å². The summed E-state index contributed by atoms with van der Waals surface area (Å²) in [4.78, 5) is 17.9. The second-order valence-corrected chi connectivity index (χ2v) is 5.95. The van der Waals surface area contributed by atoms with Crippen molar-refractivity contribution in [2.75, 3.05) is 39.3 Å². The van der Waals surface area contributed by atoms with E-state index in [-0.39, 0.29) is 18.3 Å². The van der Waals surface area contributed by atoms with Gasteiger partial charge in [0.15, 0.2) is 17.6 Å². The maximum Gasteiger partial charge on any atom is 0.222 e. The van der Waals surface area contributed by atoms with E-state index in [0.29, 0.717) is 25.5 Å². The number of carbonyl (C=O) groups is 1. The number of hydrogen-bond acceptors (Lipinski definition) is 3. The lowest BCUT2D eigenvalue weighted by atomic mass is 10.3. The van der Waals surface area contributed by atoms with Crippen LogP contribution in [0.15, 0.2) is 23.2 Å². The molecule has 0 aliphatic carbocycles. The minimum absolute atomic E-state index is 0.230. The zero-order valence-corrected chi connectivity index (χ0v) is 15.1. The lowest BCUT2D eigenvalue weighted by molar-refractivity contribution is -0.127. The van der Waals surface area contributed by atoms with Gasteiger partial charge in [-0.15, -0.1) is 0 Å². The topological polar surface area (TPSA) is 66.0 Å². The van der Waals surface area contributed by atoms with Crippen molar-refractivity contribution in [3.63, 3.8) is 0 Å². The Kier molecular flexibility index (Phi) is 8.11. The van der Waals surface area contributed by atoms with Gasteiger partial charge in [0.2, 0.25) is 5.91 Å². The lowest BCUT2D eigenvalue weighted by Gasteiger charge is -2.15. The van der Waals surface area contributed by atoms with Gasteiger partial charge >= 0.3 is 0 Å². The number of rotatable bonds is 9. The predicted octanol–water partition coefficient (Wildman–Crippen LogP) is 1.91. The van der Waals surface area contributed by atoms with Crippen molar-refractivity contribution < 1.29 is 18.3 Å². The van der Waals surface area contributed by atoms with E-state index < -0.39 is 11.6 Å². The first-order valence-corrected chi connectivity index (χ1v) is 8.98. The van der Waals surface area contributed by atoms with Crippen molar-refractivity contribution in [3.05, 3.63) is 29.8 Å². The summed E-state index contributed by atoms with van der Waals surface area (Å²) in [5, 5.41) is 6.25. The molecule has 8 heteroatoms. The zero-order valence-electron chi connectivity index (χ0n) is 15.1. The Morgan fingerprint density at radius 2 is 2.15 bits per heavy atom. The molecular formula is C18H26F2N4O2. The van der Waals surface area contributed by atoms with Crippen LogP contribution in [0.1, 0.15) is 26.2 Å². The summed E-state index contributed by atoms with van der Waals surface area (Å²) >= 11 is 0. The minimum atomic E-state index is -0.929. The minimum Gasteiger partial charge on any atom is -0.492 e. The van der Waals surface area contributed by atoms with E-state index in [0.717, 1.165) is 44.6 Å². The quantitative estimate of drug-likeness (QED) is 0.397. The Balaban J connectivity index is 1.67. The summed E-state index contributed by atoms with van der Waals surface area (Å²) in [6.45, 7) is 5.65. The van der Waals surface area contributed by atoms with E-state index in [1.807, 2.05) is 11.8 Å². The predicted molar refractivity (Wildman–Crippen MR) is 96.3 cm³/mol. The highest BCUT2D eigenvalue weighted by Crippen LogP contribution is 2.15. The molecule has 1 aliphatic rings. The van der Waals surface area contributed by atoms with Crippen molar-refractivity contribution in [3.8, 4) is 5.75 Å². The van der Waals surface area contributed by atoms with Gasteiger partial charge in [0.25, 0.3) is 0 Å². The zero-order chi connectivity index (χ0) is 18.8. The summed E-state index contributed by atoms with van der Waals surface area (Å²) in [5.41, 5.74) is 0. The fraction of sp³-hybridized carbons (Fsp3) is 0.556. The molecule has 1 heterocycles. The molecule has 0 aromatic heterocycles. The van der Waals surface area contributed by atoms with Gasteiger partial charge in [-0.2, -0.15) is 0 Å². The highest BCUT2D eigenvalue weighted by molar-refractivity contribution is 5.79. The van der Waals surface area contributed by atoms with E-state index >= 15 is 0 Å². The molecule has 0 atom stereocenters. The molecule has 1 aromatic carbocycles. The van der Waals surface area contributed by atoms with Crippen LogP contribution >= 0.6 is 0 Å². The molecule has 2 rings (SSSR count). The van der Waals surface area contributed by atoms with Gasteiger partial charge < -0.3 is 20.3 Å². The van der Waals surface area contributed by atoms with E-state index in [9.17, 15) is 13.6 Å². The van der Waals surface area contributed by atoms with Crippen LogP contribution in [0.4, 0.5) is 8.78 Å². The molecule has 1 saturated heterocycles. The average molecular weight is 368 g/mol. The number of ether oxygens (including phenoxy) is 1. The summed E-state index contributed by atoms with van der Waals surface area (Å²) in [6.07, 6.45) is 2.42. The first kappa shape index (κ1) is 19.9. The summed E-state index contributed by atoms with van der Waals surface area (Å²) in [5.74, 6) is -0.653. The molecule has 1 aliphatic heterocycles. The Morgan fingerprint density at radius 3 is 2.85 bits per heavy atom. The lowest BCUT2D eigenvalue weighted by Crippen LogP contribution is -2.39. The van der Waals surface area contributed by atoms with Gasteiger partial charge in [-0.3, -0.25) is 9.79 Å². The molecule has 0 saturated carbocycles. The average Bonchev–Trinajstić information content (AvgIpc) is 3.03. The summed E-state index contributed by atoms with van der Waals surface area (Å²) < 4.78 is 31.3. The number of guanidine groups is 1. The molecule has 0 spiro atoms. The Morgan fingerprint density at radius 1 is 1.31 bits per heavy atom. The van der Waals surface area contributed by atoms with Crippen molar-refractivity contribution in [2.24, 2.45) is 4.99 Å². The van der Waals surface area contributed by atoms with Crippen LogP contribution < -0.4 is 15.4 Å². The SMILES string of the molecule is CCNC(=NCCCN1CCCC1=O)NCCOc1ccc(F)c(F)c1. The first-order valence-electron chi connectivity index (χ1n) is 8.98. The Bertz CT molecular complexity index is 625. The number of amides is 1. The van der Waals surface area contributed by atoms with Crippen LogP contribution in [-0.2, 0) is 4.79 Å². The molecule has 1 aromatic rings. The number of halogens is 2. The largest absolute Gasteiger partial charge is 0.492 e. The Hall–Kier alpha value is -2.38. The number of benzene rings is 1. The van der Waals surface area contributed by atoms with Crippen molar-refractivity contribution in [1.82, 2.24) is 15.5 Å². The maximum absolute atomic E-state index is 13.1. The Labute approximate surface area is 152 Å². The maximum atomic E-state index is 13.1. The molecule has 1 fully saturated rings. The van der Waals surface area contributed by atoms with Crippen LogP contribution in [0.2, 0.25) is 0 Å². The first-order chi connectivity index (χ1) is 12.6. The third kappa shape index (κ3) is 6.50. The van der Waals surface area contributed by atoms with Crippen molar-refractivity contribution in [1.29, 1.82) is 0 Å². The van der Waals surface area contributed by atoms with Gasteiger partial charge in [0.05, 0.1) is 6.54 Å². The number of aliphatic imine (C=N–C) groups is 1. The number of hydrogen-bond donors (Lipinski definition) is 2. The second-order valence-electron chi connectivity index (χ2n) is 5.95. The second kappa shape index (κ2) is 10.6. The van der Waals surface area contributed by atoms with Crippen LogP contribution in [0.25, 0.3) is 0 Å². The van der Waals surface area contributed by atoms with E-state index in [1.165, 1.54) is 6.07 Å². The molecule has 144 valence electrons. The molecule has 6 nitrogen and oxygen atoms in total. The van der Waals surface area contributed by atoms with E-state index in [1.54, 1.807) is 0 Å². The van der Waals surface area contributed by atoms with Crippen LogP contribution in [0.3, 0.4) is 0 Å². The molecule has 0 bridgehead atoms. The third-order valence-electron chi connectivity index (χ3n) is 3.93. The van der Waals surface area contributed by atoms with Gasteiger partial charge in [-0.25, -0.2) is 8.78 Å². The standard InChI is InChI=1S/C18H26F2N4O2/c1-2-21-18(22-8-4-11-24-10-3-5-17(24)25)23-9-12-26-14-6-7-15(19)16(20)13-14/h6-7,13H,2-5,8-12H2,1H3,(H2,21,22,23). The van der Waals surface area contributed by atoms with Crippen molar-refractivity contribution >= 4 is 11.9 Å². The molecular weight excluding hydrogens is 342 g/mol. The monoisotopic (exact) mass is 368 g/mol. The number of likely N-dealkylation sites (tertiary alicyclic amines) is 1. The number of nitrogens with zero attached hydrogens (tertiary/aromatic N) is 2. The molecule has 1 amide bonds. The summed E-state index contributed by atoms with van der Waals surface area (Å²) in [7, 11) is 0. The third-order valence-corrected chi connectivity index (χ3v) is 3.93. The fourth-order valence-corrected chi connectivity index (χ4v) is 2.64. The number of nitrogens with one attached hydrogen (secondary N) is 2. The smallest absolute Gasteiger partial charge is 0.222 e. The molecule has 26 heavy (non-hydrogen) atoms. The molecule has 0 radical (unpaired) electrons. The molecule has 0 unspecified atom stereocenters. The van der Waals surface area contributed by atoms with Crippen LogP contribution in [0, 0.1) is 11.6 Å². The van der Waals surface area contributed by atoms with Gasteiger partial charge in [0.1, 0.15) is 12.4 Å². The highest BCUT2D eigenvalue weighted by Gasteiger charge is 2.18. The van der Waals surface area contributed by atoms with E-state index in [4.69, 9.17) is 4.74 Å². The van der Waals surface area contributed by atoms with Gasteiger partial charge in [-0.05, 0) is 31.9 Å². The number of carbonyl (C=O) groups excluding carboxylic acids is 1.